The van der Waals surface area contributed by atoms with Gasteiger partial charge in [0.1, 0.15) is 0 Å². The van der Waals surface area contributed by atoms with Crippen LogP contribution in [0, 0.1) is 0 Å². The second-order valence-corrected chi connectivity index (χ2v) is 16.5. The molecule has 5 rings (SSSR count). The Morgan fingerprint density at radius 1 is 0.618 bits per heavy atom. The van der Waals surface area contributed by atoms with Crippen LogP contribution in [0.4, 0.5) is 0 Å². The van der Waals surface area contributed by atoms with E-state index in [4.69, 9.17) is 29.9 Å². The van der Waals surface area contributed by atoms with Crippen molar-refractivity contribution in [3.8, 4) is 0 Å². The molecule has 0 atom stereocenters. The second kappa shape index (κ2) is 8.88. The molecule has 0 aromatic heterocycles. The zero-order valence-electron chi connectivity index (χ0n) is 34.2. The summed E-state index contributed by atoms with van der Waals surface area (Å²) in [6.07, 6.45) is 0. The first-order valence-electron chi connectivity index (χ1n) is 18.2. The summed E-state index contributed by atoms with van der Waals surface area (Å²) in [5, 5.41) is 0. The summed E-state index contributed by atoms with van der Waals surface area (Å²) < 4.78 is 143. The summed E-state index contributed by atoms with van der Waals surface area (Å²) in [6, 6.07) is -5.90. The van der Waals surface area contributed by atoms with Gasteiger partial charge in [-0.25, -0.2) is 0 Å². The molecule has 0 radical (unpaired) electrons. The van der Waals surface area contributed by atoms with Crippen LogP contribution < -0.4 is 23.0 Å². The molecular formula is C30H31BGeO2. The SMILES string of the molecule is [2H]c1c([2H])c([2H])[c]([Ge]([c]2cccc(B3OC(C)(C)C(C)(C)O3)c2)([c]2c([2H])c([2H])c([2H])c([2H])c2[2H])[c]2c([2H])c([2H])c([2H])c([2H])c2[2H])c([2H])c1[2H]. The Labute approximate surface area is 227 Å². The van der Waals surface area contributed by atoms with Crippen molar-refractivity contribution < 1.29 is 29.9 Å². The molecule has 0 saturated carbocycles. The van der Waals surface area contributed by atoms with E-state index < -0.39 is 135 Å². The molecule has 1 heterocycles. The van der Waals surface area contributed by atoms with Crippen molar-refractivity contribution in [3.63, 3.8) is 0 Å². The number of hydrogen-bond donors (Lipinski definition) is 0. The summed E-state index contributed by atoms with van der Waals surface area (Å²) in [6.45, 7) is 7.30. The average Bonchev–Trinajstić information content (AvgIpc) is 3.28. The molecule has 1 fully saturated rings. The third kappa shape index (κ3) is 3.86. The fourth-order valence-electron chi connectivity index (χ4n) is 4.02. The molecule has 34 heavy (non-hydrogen) atoms. The van der Waals surface area contributed by atoms with Crippen LogP contribution in [0.2, 0.25) is 0 Å². The minimum absolute atomic E-state index is 0.0443. The third-order valence-electron chi connectivity index (χ3n) is 6.47. The molecule has 4 aromatic carbocycles. The first-order chi connectivity index (χ1) is 22.6. The van der Waals surface area contributed by atoms with Gasteiger partial charge in [0, 0.05) is 0 Å². The minimum atomic E-state index is -6.05. The molecular weight excluding hydrogens is 476 g/mol. The average molecular weight is 522 g/mol. The van der Waals surface area contributed by atoms with Crippen LogP contribution in [0.25, 0.3) is 0 Å². The van der Waals surface area contributed by atoms with Crippen molar-refractivity contribution >= 4 is 43.4 Å². The van der Waals surface area contributed by atoms with E-state index in [1.54, 1.807) is 6.07 Å². The van der Waals surface area contributed by atoms with Crippen LogP contribution in [-0.4, -0.2) is 31.6 Å². The van der Waals surface area contributed by atoms with E-state index in [0.717, 1.165) is 0 Å². The summed E-state index contributed by atoms with van der Waals surface area (Å²) >= 11 is -6.05. The molecule has 2 nitrogen and oxygen atoms in total. The van der Waals surface area contributed by atoms with E-state index in [0.29, 0.717) is 5.46 Å². The van der Waals surface area contributed by atoms with Crippen molar-refractivity contribution in [2.24, 2.45) is 0 Å². The zero-order valence-corrected chi connectivity index (χ0v) is 21.3. The summed E-state index contributed by atoms with van der Waals surface area (Å²) in [4.78, 5) is 0. The Morgan fingerprint density at radius 3 is 1.44 bits per heavy atom. The van der Waals surface area contributed by atoms with Crippen molar-refractivity contribution in [3.05, 3.63) is 115 Å². The van der Waals surface area contributed by atoms with Gasteiger partial charge < -0.3 is 0 Å². The Bertz CT molecular complexity index is 1800. The summed E-state index contributed by atoms with van der Waals surface area (Å²) in [5.74, 6) is 0. The van der Waals surface area contributed by atoms with Crippen LogP contribution in [0.15, 0.2) is 115 Å². The predicted octanol–water partition coefficient (Wildman–Crippen LogP) is 3.36. The van der Waals surface area contributed by atoms with Crippen LogP contribution in [-0.2, 0) is 9.31 Å². The van der Waals surface area contributed by atoms with Gasteiger partial charge in [-0.2, -0.15) is 0 Å². The van der Waals surface area contributed by atoms with Crippen LogP contribution in [0.1, 0.15) is 48.3 Å². The van der Waals surface area contributed by atoms with Gasteiger partial charge in [-0.05, 0) is 0 Å². The monoisotopic (exact) mass is 523 g/mol. The van der Waals surface area contributed by atoms with E-state index in [-0.39, 0.29) is 4.40 Å². The van der Waals surface area contributed by atoms with E-state index in [2.05, 4.69) is 0 Å². The fourth-order valence-corrected chi connectivity index (χ4v) is 12.1. The van der Waals surface area contributed by atoms with E-state index in [1.165, 1.54) is 18.2 Å². The third-order valence-corrected chi connectivity index (χ3v) is 15.2. The molecule has 4 heteroatoms. The standard InChI is InChI=1S/C30H31BGeO2/c1-29(2)30(3,4)34-31(33-29)24-15-14-22-28(23-24)32(25-16-8-5-9-17-25,26-18-10-6-11-19-26)27-20-12-7-13-21-27/h5-23H,1-4H3/i5D,6D,7D,8D,9D,10D,11D,12D,13D,16D,17D,18D,19D,20D,21D. The molecule has 0 amide bonds. The van der Waals surface area contributed by atoms with Crippen molar-refractivity contribution in [1.29, 1.82) is 0 Å². The van der Waals surface area contributed by atoms with Gasteiger partial charge in [0.25, 0.3) is 0 Å². The molecule has 170 valence electrons. The molecule has 1 aliphatic heterocycles. The number of benzene rings is 4. The van der Waals surface area contributed by atoms with Gasteiger partial charge in [-0.1, -0.05) is 0 Å². The molecule has 0 unspecified atom stereocenters. The first-order valence-corrected chi connectivity index (χ1v) is 14.9. The maximum atomic E-state index is 9.16. The van der Waals surface area contributed by atoms with Gasteiger partial charge >= 0.3 is 227 Å². The normalized spacial score (nSPS) is 23.2. The quantitative estimate of drug-likeness (QED) is 0.375. The summed E-state index contributed by atoms with van der Waals surface area (Å²) in [5.41, 5.74) is -1.27. The fraction of sp³-hybridized carbons (Fsp3) is 0.200. The maximum absolute atomic E-state index is 9.16. The van der Waals surface area contributed by atoms with E-state index >= 15 is 0 Å². The van der Waals surface area contributed by atoms with Gasteiger partial charge in [-0.15, -0.1) is 0 Å². The van der Waals surface area contributed by atoms with E-state index in [1.807, 2.05) is 27.7 Å². The first kappa shape index (κ1) is 11.4. The Kier molecular flexibility index (Phi) is 2.99. The topological polar surface area (TPSA) is 18.5 Å². The Balaban J connectivity index is 2.15. The molecule has 1 aliphatic rings. The Morgan fingerprint density at radius 2 is 1.03 bits per heavy atom. The molecule has 0 spiro atoms. The van der Waals surface area contributed by atoms with Gasteiger partial charge in [0.05, 0.1) is 0 Å². The van der Waals surface area contributed by atoms with Crippen LogP contribution >= 0.6 is 0 Å². The molecule has 0 aliphatic carbocycles. The molecule has 0 bridgehead atoms. The van der Waals surface area contributed by atoms with Gasteiger partial charge in [-0.3, -0.25) is 0 Å². The van der Waals surface area contributed by atoms with Crippen LogP contribution in [0.3, 0.4) is 0 Å². The number of rotatable bonds is 5. The predicted molar refractivity (Wildman–Crippen MR) is 146 cm³/mol. The van der Waals surface area contributed by atoms with Gasteiger partial charge in [0.2, 0.25) is 0 Å². The zero-order chi connectivity index (χ0) is 36.9. The second-order valence-electron chi connectivity index (χ2n) is 8.96. The molecule has 4 aromatic rings. The molecule has 1 saturated heterocycles. The van der Waals surface area contributed by atoms with Gasteiger partial charge in [0.15, 0.2) is 0 Å². The summed E-state index contributed by atoms with van der Waals surface area (Å²) in [7, 11) is -1.02. The van der Waals surface area contributed by atoms with Crippen molar-refractivity contribution in [2.45, 2.75) is 38.9 Å². The molecule has 0 N–H and O–H groups in total. The van der Waals surface area contributed by atoms with Crippen molar-refractivity contribution in [1.82, 2.24) is 0 Å². The van der Waals surface area contributed by atoms with Crippen molar-refractivity contribution in [2.75, 3.05) is 0 Å². The Hall–Kier alpha value is -2.59. The number of hydrogen-bond acceptors (Lipinski definition) is 2. The van der Waals surface area contributed by atoms with Crippen LogP contribution in [0.5, 0.6) is 0 Å². The van der Waals surface area contributed by atoms with E-state index in [9.17, 15) is 0 Å².